The van der Waals surface area contributed by atoms with Crippen LogP contribution < -0.4 is 4.74 Å². The number of sulfone groups is 1. The zero-order valence-corrected chi connectivity index (χ0v) is 23.5. The van der Waals surface area contributed by atoms with E-state index in [0.29, 0.717) is 23.0 Å². The van der Waals surface area contributed by atoms with Gasteiger partial charge in [-0.15, -0.1) is 16.8 Å². The first kappa shape index (κ1) is 28.1. The van der Waals surface area contributed by atoms with Crippen molar-refractivity contribution in [1.82, 2.24) is 29.7 Å². The minimum Gasteiger partial charge on any atom is -0.495 e. The molecule has 0 spiro atoms. The molecule has 0 saturated heterocycles. The van der Waals surface area contributed by atoms with E-state index in [1.165, 1.54) is 0 Å². The molecule has 0 aliphatic heterocycles. The van der Waals surface area contributed by atoms with Crippen LogP contribution >= 0.6 is 0 Å². The lowest BCUT2D eigenvalue weighted by Crippen LogP contribution is -2.31. The highest BCUT2D eigenvalue weighted by atomic mass is 32.2. The second-order valence-corrected chi connectivity index (χ2v) is 11.7. The summed E-state index contributed by atoms with van der Waals surface area (Å²) >= 11 is 0. The Balaban J connectivity index is 1.82. The van der Waals surface area contributed by atoms with Gasteiger partial charge in [-0.2, -0.15) is 0 Å². The van der Waals surface area contributed by atoms with Crippen LogP contribution in [0.1, 0.15) is 41.4 Å². The Morgan fingerprint density at radius 1 is 1.05 bits per heavy atom. The molecule has 0 saturated carbocycles. The van der Waals surface area contributed by atoms with Crippen LogP contribution in [0.2, 0.25) is 0 Å². The summed E-state index contributed by atoms with van der Waals surface area (Å²) in [5.74, 6) is 1.05. The maximum Gasteiger partial charge on any atom is 0.187 e. The first-order chi connectivity index (χ1) is 18.7. The molecule has 0 amide bonds. The van der Waals surface area contributed by atoms with E-state index in [2.05, 4.69) is 31.7 Å². The van der Waals surface area contributed by atoms with E-state index >= 15 is 0 Å². The van der Waals surface area contributed by atoms with Crippen LogP contribution in [0.3, 0.4) is 0 Å². The fraction of sp³-hybridized carbons (Fsp3) is 0.321. The lowest BCUT2D eigenvalue weighted by molar-refractivity contribution is 0.0669. The molecule has 0 unspecified atom stereocenters. The fourth-order valence-electron chi connectivity index (χ4n) is 4.19. The van der Waals surface area contributed by atoms with Gasteiger partial charge in [0, 0.05) is 18.6 Å². The molecular weight excluding hydrogens is 516 g/mol. The first-order valence-corrected chi connectivity index (χ1v) is 14.1. The summed E-state index contributed by atoms with van der Waals surface area (Å²) in [5, 5.41) is 7.73. The minimum atomic E-state index is -3.87. The highest BCUT2D eigenvalue weighted by molar-refractivity contribution is 7.91. The average Bonchev–Trinajstić information content (AvgIpc) is 3.31. The zero-order valence-electron chi connectivity index (χ0n) is 22.7. The number of ether oxygens (including phenoxy) is 2. The molecule has 0 N–H and O–H groups in total. The van der Waals surface area contributed by atoms with Crippen LogP contribution in [-0.4, -0.2) is 57.1 Å². The fourth-order valence-corrected chi connectivity index (χ4v) is 5.58. The SMILES string of the molecule is C=CCO[C@H](c1ncc(C)cn1)[C@H](C)S(=O)(=O)Cc1nnc(-c2cc(C)ccn2)n1-c1c(C)cccc1OC. The maximum atomic E-state index is 13.9. The van der Waals surface area contributed by atoms with Crippen molar-refractivity contribution in [3.05, 3.63) is 89.9 Å². The van der Waals surface area contributed by atoms with Crippen molar-refractivity contribution < 1.29 is 17.9 Å². The summed E-state index contributed by atoms with van der Waals surface area (Å²) in [6.07, 6.45) is 5.60. The second-order valence-electron chi connectivity index (χ2n) is 9.29. The van der Waals surface area contributed by atoms with Crippen LogP contribution in [0, 0.1) is 20.8 Å². The van der Waals surface area contributed by atoms with Crippen LogP contribution in [0.15, 0.2) is 61.6 Å². The van der Waals surface area contributed by atoms with Gasteiger partial charge >= 0.3 is 0 Å². The molecule has 4 aromatic rings. The predicted molar refractivity (Wildman–Crippen MR) is 148 cm³/mol. The Labute approximate surface area is 228 Å². The van der Waals surface area contributed by atoms with Gasteiger partial charge in [-0.05, 0) is 62.6 Å². The lowest BCUT2D eigenvalue weighted by Gasteiger charge is -2.23. The summed E-state index contributed by atoms with van der Waals surface area (Å²) in [4.78, 5) is 13.1. The molecule has 4 rings (SSSR count). The number of hydrogen-bond acceptors (Lipinski definition) is 9. The molecule has 39 heavy (non-hydrogen) atoms. The number of aromatic nitrogens is 6. The van der Waals surface area contributed by atoms with E-state index in [-0.39, 0.29) is 18.3 Å². The smallest absolute Gasteiger partial charge is 0.187 e. The molecule has 0 aliphatic carbocycles. The minimum absolute atomic E-state index is 0.140. The van der Waals surface area contributed by atoms with Crippen molar-refractivity contribution in [2.45, 2.75) is 44.8 Å². The Morgan fingerprint density at radius 3 is 2.46 bits per heavy atom. The number of hydrogen-bond donors (Lipinski definition) is 0. The van der Waals surface area contributed by atoms with Gasteiger partial charge in [0.05, 0.1) is 24.7 Å². The van der Waals surface area contributed by atoms with Crippen LogP contribution in [-0.2, 0) is 20.3 Å². The number of methoxy groups -OCH3 is 1. The van der Waals surface area contributed by atoms with E-state index in [1.807, 2.05) is 51.1 Å². The average molecular weight is 549 g/mol. The third kappa shape index (κ3) is 6.04. The van der Waals surface area contributed by atoms with Gasteiger partial charge in [-0.25, -0.2) is 18.4 Å². The molecule has 11 heteroatoms. The quantitative estimate of drug-likeness (QED) is 0.252. The van der Waals surface area contributed by atoms with Gasteiger partial charge in [-0.1, -0.05) is 18.2 Å². The summed E-state index contributed by atoms with van der Waals surface area (Å²) in [5.41, 5.74) is 3.89. The number of benzene rings is 1. The highest BCUT2D eigenvalue weighted by Gasteiger charge is 2.35. The molecular formula is C28H32N6O4S. The second kappa shape index (κ2) is 11.8. The standard InChI is InChI=1S/C28H32N6O4S/c1-7-13-38-26(27-30-15-19(3)16-31-27)21(5)39(35,36)17-24-32-33-28(22-14-18(2)11-12-29-22)34(24)25-20(4)9-8-10-23(25)37-6/h7-12,14-16,21,26H,1,13,17H2,2-6H3/t21-,26-/m0/s1. The highest BCUT2D eigenvalue weighted by Crippen LogP contribution is 2.33. The molecule has 204 valence electrons. The van der Waals surface area contributed by atoms with E-state index < -0.39 is 26.9 Å². The number of nitrogens with zero attached hydrogens (tertiary/aromatic N) is 6. The third-order valence-corrected chi connectivity index (χ3v) is 8.33. The van der Waals surface area contributed by atoms with Gasteiger partial charge in [0.25, 0.3) is 0 Å². The molecule has 2 atom stereocenters. The van der Waals surface area contributed by atoms with E-state index in [9.17, 15) is 8.42 Å². The van der Waals surface area contributed by atoms with Crippen molar-refractivity contribution in [2.24, 2.45) is 0 Å². The Morgan fingerprint density at radius 2 is 1.79 bits per heavy atom. The van der Waals surface area contributed by atoms with Crippen LogP contribution in [0.4, 0.5) is 0 Å². The van der Waals surface area contributed by atoms with Crippen molar-refractivity contribution in [2.75, 3.05) is 13.7 Å². The molecule has 1 aromatic carbocycles. The first-order valence-electron chi connectivity index (χ1n) is 12.4. The summed E-state index contributed by atoms with van der Waals surface area (Å²) < 4.78 is 41.0. The number of para-hydroxylation sites is 1. The lowest BCUT2D eigenvalue weighted by atomic mass is 10.1. The van der Waals surface area contributed by atoms with Crippen molar-refractivity contribution in [3.63, 3.8) is 0 Å². The Hall–Kier alpha value is -3.96. The molecule has 0 radical (unpaired) electrons. The van der Waals surface area contributed by atoms with E-state index in [0.717, 1.165) is 16.7 Å². The van der Waals surface area contributed by atoms with Crippen molar-refractivity contribution >= 4 is 9.84 Å². The zero-order chi connectivity index (χ0) is 28.2. The molecule has 3 heterocycles. The topological polar surface area (TPSA) is 122 Å². The molecule has 0 fully saturated rings. The Bertz CT molecular complexity index is 1570. The number of aryl methyl sites for hydroxylation is 3. The van der Waals surface area contributed by atoms with Gasteiger partial charge in [0.2, 0.25) is 0 Å². The maximum absolute atomic E-state index is 13.9. The Kier molecular flexibility index (Phi) is 8.51. The summed E-state index contributed by atoms with van der Waals surface area (Å²) in [6.45, 7) is 11.1. The molecule has 0 bridgehead atoms. The van der Waals surface area contributed by atoms with Gasteiger partial charge < -0.3 is 9.47 Å². The molecule has 10 nitrogen and oxygen atoms in total. The normalized spacial score (nSPS) is 13.2. The van der Waals surface area contributed by atoms with Gasteiger partial charge in [-0.3, -0.25) is 9.55 Å². The van der Waals surface area contributed by atoms with Crippen LogP contribution in [0.5, 0.6) is 5.75 Å². The van der Waals surface area contributed by atoms with E-state index in [4.69, 9.17) is 9.47 Å². The molecule has 0 aliphatic rings. The third-order valence-electron chi connectivity index (χ3n) is 6.29. The van der Waals surface area contributed by atoms with Gasteiger partial charge in [0.15, 0.2) is 27.3 Å². The number of rotatable bonds is 11. The van der Waals surface area contributed by atoms with Crippen molar-refractivity contribution in [1.29, 1.82) is 0 Å². The predicted octanol–water partition coefficient (Wildman–Crippen LogP) is 4.30. The molecule has 3 aromatic heterocycles. The summed E-state index contributed by atoms with van der Waals surface area (Å²) in [7, 11) is -2.30. The summed E-state index contributed by atoms with van der Waals surface area (Å²) in [6, 6.07) is 9.35. The largest absolute Gasteiger partial charge is 0.495 e. The van der Waals surface area contributed by atoms with Gasteiger partial charge in [0.1, 0.15) is 23.3 Å². The van der Waals surface area contributed by atoms with E-state index in [1.54, 1.807) is 43.3 Å². The monoisotopic (exact) mass is 548 g/mol. The van der Waals surface area contributed by atoms with Crippen molar-refractivity contribution in [3.8, 4) is 23.0 Å². The number of pyridine rings is 1. The van der Waals surface area contributed by atoms with Crippen LogP contribution in [0.25, 0.3) is 17.2 Å².